The van der Waals surface area contributed by atoms with Crippen molar-refractivity contribution in [1.29, 1.82) is 0 Å². The molecule has 0 aromatic rings. The Morgan fingerprint density at radius 2 is 2.00 bits per heavy atom. The van der Waals surface area contributed by atoms with Crippen LogP contribution in [0.1, 0.15) is 32.6 Å². The SMILES string of the molecule is CC1CCCC(N)(C[Si](C)(C)C)C1. The van der Waals surface area contributed by atoms with Crippen LogP contribution in [0.5, 0.6) is 0 Å². The average Bonchev–Trinajstić information content (AvgIpc) is 1.79. The summed E-state index contributed by atoms with van der Waals surface area (Å²) in [5, 5.41) is 0. The van der Waals surface area contributed by atoms with E-state index in [1.165, 1.54) is 31.7 Å². The van der Waals surface area contributed by atoms with Gasteiger partial charge in [-0.3, -0.25) is 0 Å². The highest BCUT2D eigenvalue weighted by Crippen LogP contribution is 2.35. The minimum absolute atomic E-state index is 0.197. The van der Waals surface area contributed by atoms with Crippen molar-refractivity contribution < 1.29 is 0 Å². The summed E-state index contributed by atoms with van der Waals surface area (Å²) >= 11 is 0. The molecule has 0 aromatic heterocycles. The second-order valence-electron chi connectivity index (χ2n) is 6.30. The van der Waals surface area contributed by atoms with Gasteiger partial charge in [0.2, 0.25) is 0 Å². The minimum atomic E-state index is -0.972. The fraction of sp³-hybridized carbons (Fsp3) is 1.00. The zero-order valence-electron chi connectivity index (χ0n) is 9.69. The summed E-state index contributed by atoms with van der Waals surface area (Å²) in [6.07, 6.45) is 5.27. The Labute approximate surface area is 84.1 Å². The second kappa shape index (κ2) is 3.74. The summed E-state index contributed by atoms with van der Waals surface area (Å²) in [6.45, 7) is 9.65. The summed E-state index contributed by atoms with van der Waals surface area (Å²) in [4.78, 5) is 0. The molecule has 0 aromatic carbocycles. The van der Waals surface area contributed by atoms with Gasteiger partial charge < -0.3 is 5.73 Å². The first-order chi connectivity index (χ1) is 5.81. The summed E-state index contributed by atoms with van der Waals surface area (Å²) < 4.78 is 0. The molecule has 1 fully saturated rings. The van der Waals surface area contributed by atoms with Gasteiger partial charge in [0.1, 0.15) is 0 Å². The third-order valence-electron chi connectivity index (χ3n) is 3.01. The number of hydrogen-bond acceptors (Lipinski definition) is 1. The largest absolute Gasteiger partial charge is 0.325 e. The van der Waals surface area contributed by atoms with Crippen LogP contribution in [0.3, 0.4) is 0 Å². The van der Waals surface area contributed by atoms with E-state index < -0.39 is 8.07 Å². The molecule has 0 aliphatic heterocycles. The Morgan fingerprint density at radius 1 is 1.38 bits per heavy atom. The number of nitrogens with two attached hydrogens (primary N) is 1. The molecule has 1 nitrogen and oxygen atoms in total. The van der Waals surface area contributed by atoms with Crippen molar-refractivity contribution in [1.82, 2.24) is 0 Å². The van der Waals surface area contributed by atoms with Crippen LogP contribution in [0, 0.1) is 5.92 Å². The first kappa shape index (κ1) is 11.3. The third-order valence-corrected chi connectivity index (χ3v) is 4.77. The lowest BCUT2D eigenvalue weighted by Crippen LogP contribution is -2.48. The van der Waals surface area contributed by atoms with Crippen LogP contribution in [0.15, 0.2) is 0 Å². The van der Waals surface area contributed by atoms with E-state index in [4.69, 9.17) is 5.73 Å². The van der Waals surface area contributed by atoms with Crippen molar-refractivity contribution >= 4 is 8.07 Å². The van der Waals surface area contributed by atoms with Crippen molar-refractivity contribution in [3.63, 3.8) is 0 Å². The number of hydrogen-bond donors (Lipinski definition) is 1. The van der Waals surface area contributed by atoms with Crippen LogP contribution in [-0.4, -0.2) is 13.6 Å². The average molecular weight is 199 g/mol. The Bertz CT molecular complexity index is 173. The summed E-state index contributed by atoms with van der Waals surface area (Å²) in [7, 11) is -0.972. The topological polar surface area (TPSA) is 26.0 Å². The molecule has 13 heavy (non-hydrogen) atoms. The van der Waals surface area contributed by atoms with Crippen molar-refractivity contribution in [2.24, 2.45) is 11.7 Å². The Balaban J connectivity index is 2.54. The van der Waals surface area contributed by atoms with Crippen molar-refractivity contribution in [3.8, 4) is 0 Å². The molecule has 2 heteroatoms. The molecule has 0 radical (unpaired) electrons. The van der Waals surface area contributed by atoms with Crippen molar-refractivity contribution in [2.45, 2.75) is 63.8 Å². The van der Waals surface area contributed by atoms with Gasteiger partial charge in [0.05, 0.1) is 0 Å². The Hall–Kier alpha value is 0.177. The van der Waals surface area contributed by atoms with Crippen LogP contribution in [0.25, 0.3) is 0 Å². The predicted octanol–water partition coefficient (Wildman–Crippen LogP) is 3.23. The van der Waals surface area contributed by atoms with Crippen LogP contribution < -0.4 is 5.73 Å². The summed E-state index contributed by atoms with van der Waals surface area (Å²) in [6, 6.07) is 1.31. The van der Waals surface area contributed by atoms with E-state index in [9.17, 15) is 0 Å². The van der Waals surface area contributed by atoms with Crippen LogP contribution in [0.4, 0.5) is 0 Å². The van der Waals surface area contributed by atoms with Crippen molar-refractivity contribution in [3.05, 3.63) is 0 Å². The standard InChI is InChI=1S/C11H25NSi/c1-10-6-5-7-11(12,8-10)9-13(2,3)4/h10H,5-9,12H2,1-4H3. The second-order valence-corrected chi connectivity index (χ2v) is 11.8. The van der Waals surface area contributed by atoms with Gasteiger partial charge in [0.25, 0.3) is 0 Å². The first-order valence-corrected chi connectivity index (χ1v) is 9.30. The smallest absolute Gasteiger partial charge is 0.0460 e. The van der Waals surface area contributed by atoms with E-state index in [0.717, 1.165) is 5.92 Å². The van der Waals surface area contributed by atoms with E-state index in [-0.39, 0.29) is 5.54 Å². The quantitative estimate of drug-likeness (QED) is 0.679. The zero-order chi connectivity index (χ0) is 10.1. The molecule has 2 N–H and O–H groups in total. The molecular weight excluding hydrogens is 174 g/mol. The van der Waals surface area contributed by atoms with Gasteiger partial charge >= 0.3 is 0 Å². The highest BCUT2D eigenvalue weighted by Gasteiger charge is 2.34. The molecular formula is C11H25NSi. The molecule has 1 rings (SSSR count). The van der Waals surface area contributed by atoms with Gasteiger partial charge in [0.15, 0.2) is 0 Å². The van der Waals surface area contributed by atoms with Crippen LogP contribution in [0.2, 0.25) is 25.7 Å². The van der Waals surface area contributed by atoms with Gasteiger partial charge in [-0.15, -0.1) is 0 Å². The first-order valence-electron chi connectivity index (χ1n) is 5.60. The normalized spacial score (nSPS) is 36.2. The fourth-order valence-electron chi connectivity index (χ4n) is 2.92. The predicted molar refractivity (Wildman–Crippen MR) is 62.7 cm³/mol. The molecule has 2 unspecified atom stereocenters. The van der Waals surface area contributed by atoms with E-state index in [2.05, 4.69) is 26.6 Å². The van der Waals surface area contributed by atoms with Gasteiger partial charge in [0, 0.05) is 13.6 Å². The Kier molecular flexibility index (Phi) is 3.23. The third kappa shape index (κ3) is 3.82. The molecule has 0 heterocycles. The van der Waals surface area contributed by atoms with E-state index in [0.29, 0.717) is 0 Å². The lowest BCUT2D eigenvalue weighted by molar-refractivity contribution is 0.254. The van der Waals surface area contributed by atoms with Crippen LogP contribution in [-0.2, 0) is 0 Å². The molecule has 0 saturated heterocycles. The maximum absolute atomic E-state index is 6.47. The molecule has 0 spiro atoms. The van der Waals surface area contributed by atoms with Crippen molar-refractivity contribution in [2.75, 3.05) is 0 Å². The highest BCUT2D eigenvalue weighted by atomic mass is 28.3. The van der Waals surface area contributed by atoms with E-state index >= 15 is 0 Å². The van der Waals surface area contributed by atoms with E-state index in [1.807, 2.05) is 0 Å². The maximum Gasteiger partial charge on any atom is 0.0460 e. The molecule has 1 aliphatic carbocycles. The van der Waals surface area contributed by atoms with Gasteiger partial charge in [-0.1, -0.05) is 39.4 Å². The summed E-state index contributed by atoms with van der Waals surface area (Å²) in [5.74, 6) is 0.857. The number of rotatable bonds is 2. The van der Waals surface area contributed by atoms with E-state index in [1.54, 1.807) is 0 Å². The highest BCUT2D eigenvalue weighted by molar-refractivity contribution is 6.76. The van der Waals surface area contributed by atoms with Gasteiger partial charge in [-0.05, 0) is 24.8 Å². The fourth-order valence-corrected chi connectivity index (χ4v) is 5.35. The summed E-state index contributed by atoms with van der Waals surface area (Å²) in [5.41, 5.74) is 6.67. The van der Waals surface area contributed by atoms with Gasteiger partial charge in [-0.25, -0.2) is 0 Å². The van der Waals surface area contributed by atoms with Crippen LogP contribution >= 0.6 is 0 Å². The molecule has 1 saturated carbocycles. The molecule has 0 bridgehead atoms. The lowest BCUT2D eigenvalue weighted by atomic mass is 9.78. The van der Waals surface area contributed by atoms with Gasteiger partial charge in [-0.2, -0.15) is 0 Å². The molecule has 1 aliphatic rings. The zero-order valence-corrected chi connectivity index (χ0v) is 10.7. The maximum atomic E-state index is 6.47. The molecule has 0 amide bonds. The Morgan fingerprint density at radius 3 is 2.46 bits per heavy atom. The molecule has 78 valence electrons. The lowest BCUT2D eigenvalue weighted by Gasteiger charge is -2.40. The molecule has 2 atom stereocenters. The monoisotopic (exact) mass is 199 g/mol. The minimum Gasteiger partial charge on any atom is -0.325 e.